The summed E-state index contributed by atoms with van der Waals surface area (Å²) in [4.78, 5) is 21.1. The Morgan fingerprint density at radius 3 is 1.69 bits per heavy atom. The van der Waals surface area contributed by atoms with Crippen molar-refractivity contribution < 1.29 is 19.8 Å². The van der Waals surface area contributed by atoms with Gasteiger partial charge in [0.1, 0.15) is 0 Å². The van der Waals surface area contributed by atoms with Crippen molar-refractivity contribution in [1.29, 1.82) is 0 Å². The summed E-state index contributed by atoms with van der Waals surface area (Å²) < 4.78 is 0.593. The molecule has 0 unspecified atom stereocenters. The monoisotopic (exact) mass is 292 g/mol. The normalized spacial score (nSPS) is 9.62. The second-order valence-corrected chi connectivity index (χ2v) is 3.58. The minimum atomic E-state index is -1.12. The molecule has 0 radical (unpaired) electrons. The van der Waals surface area contributed by atoms with Crippen molar-refractivity contribution in [1.82, 2.24) is 0 Å². The Bertz CT molecular complexity index is 340. The van der Waals surface area contributed by atoms with Gasteiger partial charge in [-0.1, -0.05) is 0 Å². The molecule has 0 fully saturated rings. The van der Waals surface area contributed by atoms with Gasteiger partial charge < -0.3 is 10.2 Å². The third-order valence-electron chi connectivity index (χ3n) is 1.39. The van der Waals surface area contributed by atoms with Crippen LogP contribution >= 0.6 is 22.6 Å². The van der Waals surface area contributed by atoms with E-state index >= 15 is 0 Å². The summed E-state index contributed by atoms with van der Waals surface area (Å²) in [7, 11) is 0. The quantitative estimate of drug-likeness (QED) is 0.813. The Labute approximate surface area is 87.3 Å². The minimum Gasteiger partial charge on any atom is -0.478 e. The molecule has 0 saturated heterocycles. The Hall–Kier alpha value is -1.11. The molecule has 5 heteroatoms. The van der Waals surface area contributed by atoms with E-state index in [2.05, 4.69) is 0 Å². The lowest BCUT2D eigenvalue weighted by Gasteiger charge is -1.98. The molecule has 0 saturated carbocycles. The molecule has 0 heterocycles. The van der Waals surface area contributed by atoms with Crippen LogP contribution in [-0.4, -0.2) is 22.2 Å². The van der Waals surface area contributed by atoms with Gasteiger partial charge in [-0.05, 0) is 40.8 Å². The zero-order valence-corrected chi connectivity index (χ0v) is 8.48. The summed E-state index contributed by atoms with van der Waals surface area (Å²) in [5.41, 5.74) is -0.0198. The first-order valence-electron chi connectivity index (χ1n) is 3.28. The van der Waals surface area contributed by atoms with Gasteiger partial charge in [0.25, 0.3) is 0 Å². The van der Waals surface area contributed by atoms with Crippen molar-refractivity contribution in [3.8, 4) is 0 Å². The van der Waals surface area contributed by atoms with Gasteiger partial charge in [-0.3, -0.25) is 0 Å². The molecule has 1 rings (SSSR count). The van der Waals surface area contributed by atoms with Crippen LogP contribution in [-0.2, 0) is 0 Å². The Morgan fingerprint density at radius 2 is 1.38 bits per heavy atom. The first kappa shape index (κ1) is 9.97. The van der Waals surface area contributed by atoms with Crippen LogP contribution in [0.15, 0.2) is 18.2 Å². The largest absolute Gasteiger partial charge is 0.478 e. The molecule has 68 valence electrons. The standard InChI is InChI=1S/C8H5IO4/c9-6-2-4(7(10)11)1-5(3-6)8(12)13/h1-3H,(H,10,11)(H,12,13). The van der Waals surface area contributed by atoms with E-state index in [1.54, 1.807) is 0 Å². The average Bonchev–Trinajstić information content (AvgIpc) is 2.03. The molecule has 0 aromatic heterocycles. The number of benzene rings is 1. The fourth-order valence-electron chi connectivity index (χ4n) is 0.837. The minimum absolute atomic E-state index is 0.00991. The lowest BCUT2D eigenvalue weighted by atomic mass is 10.1. The van der Waals surface area contributed by atoms with Gasteiger partial charge >= 0.3 is 11.9 Å². The first-order chi connectivity index (χ1) is 6.00. The van der Waals surface area contributed by atoms with Crippen LogP contribution < -0.4 is 0 Å². The Morgan fingerprint density at radius 1 is 1.00 bits per heavy atom. The molecule has 0 bridgehead atoms. The van der Waals surface area contributed by atoms with Gasteiger partial charge in [0.2, 0.25) is 0 Å². The van der Waals surface area contributed by atoms with Crippen LogP contribution in [0.3, 0.4) is 0 Å². The van der Waals surface area contributed by atoms with Crippen LogP contribution in [0.1, 0.15) is 20.7 Å². The van der Waals surface area contributed by atoms with E-state index in [1.165, 1.54) is 12.1 Å². The maximum atomic E-state index is 10.5. The van der Waals surface area contributed by atoms with Crippen molar-refractivity contribution in [2.45, 2.75) is 0 Å². The molecule has 2 N–H and O–H groups in total. The lowest BCUT2D eigenvalue weighted by molar-refractivity contribution is 0.0696. The summed E-state index contributed by atoms with van der Waals surface area (Å²) >= 11 is 1.87. The molecule has 0 aliphatic heterocycles. The molecule has 1 aromatic rings. The summed E-state index contributed by atoms with van der Waals surface area (Å²) in [5.74, 6) is -2.25. The maximum absolute atomic E-state index is 10.5. The van der Waals surface area contributed by atoms with Gasteiger partial charge in [-0.15, -0.1) is 0 Å². The zero-order valence-electron chi connectivity index (χ0n) is 6.32. The maximum Gasteiger partial charge on any atom is 0.335 e. The van der Waals surface area contributed by atoms with Crippen molar-refractivity contribution in [3.63, 3.8) is 0 Å². The van der Waals surface area contributed by atoms with Gasteiger partial charge in [-0.2, -0.15) is 0 Å². The first-order valence-corrected chi connectivity index (χ1v) is 4.36. The topological polar surface area (TPSA) is 74.6 Å². The zero-order chi connectivity index (χ0) is 10.0. The molecule has 1 aromatic carbocycles. The van der Waals surface area contributed by atoms with Gasteiger partial charge in [-0.25, -0.2) is 9.59 Å². The number of halogens is 1. The highest BCUT2D eigenvalue weighted by Crippen LogP contribution is 2.12. The molecule has 0 amide bonds. The van der Waals surface area contributed by atoms with Crippen LogP contribution in [0.25, 0.3) is 0 Å². The van der Waals surface area contributed by atoms with Crippen LogP contribution in [0.2, 0.25) is 0 Å². The molecule has 0 aliphatic carbocycles. The fourth-order valence-corrected chi connectivity index (χ4v) is 1.51. The summed E-state index contributed by atoms with van der Waals surface area (Å²) in [6.45, 7) is 0. The second kappa shape index (κ2) is 3.73. The van der Waals surface area contributed by atoms with Crippen molar-refractivity contribution in [2.75, 3.05) is 0 Å². The van der Waals surface area contributed by atoms with Crippen molar-refractivity contribution >= 4 is 34.5 Å². The van der Waals surface area contributed by atoms with Crippen LogP contribution in [0, 0.1) is 3.57 Å². The van der Waals surface area contributed by atoms with E-state index in [0.717, 1.165) is 6.07 Å². The SMILES string of the molecule is O=C(O)c1cc(I)cc(C(=O)O)c1. The second-order valence-electron chi connectivity index (χ2n) is 2.34. The third kappa shape index (κ3) is 2.41. The highest BCUT2D eigenvalue weighted by Gasteiger charge is 2.09. The summed E-state index contributed by atoms with van der Waals surface area (Å²) in [6, 6.07) is 3.96. The highest BCUT2D eigenvalue weighted by molar-refractivity contribution is 14.1. The van der Waals surface area contributed by atoms with Crippen LogP contribution in [0.4, 0.5) is 0 Å². The fraction of sp³-hybridized carbons (Fsp3) is 0. The van der Waals surface area contributed by atoms with Crippen molar-refractivity contribution in [2.24, 2.45) is 0 Å². The summed E-state index contributed by atoms with van der Waals surface area (Å²) in [5, 5.41) is 17.2. The van der Waals surface area contributed by atoms with E-state index in [4.69, 9.17) is 10.2 Å². The van der Waals surface area contributed by atoms with Gasteiger partial charge in [0, 0.05) is 3.57 Å². The predicted octanol–water partition coefficient (Wildman–Crippen LogP) is 1.69. The highest BCUT2D eigenvalue weighted by atomic mass is 127. The van der Waals surface area contributed by atoms with Gasteiger partial charge in [0.15, 0.2) is 0 Å². The summed E-state index contributed by atoms with van der Waals surface area (Å²) in [6.07, 6.45) is 0. The Kier molecular flexibility index (Phi) is 2.86. The van der Waals surface area contributed by atoms with E-state index in [1.807, 2.05) is 22.6 Å². The smallest absolute Gasteiger partial charge is 0.335 e. The molecule has 0 atom stereocenters. The van der Waals surface area contributed by atoms with E-state index in [0.29, 0.717) is 3.57 Å². The number of hydrogen-bond acceptors (Lipinski definition) is 2. The van der Waals surface area contributed by atoms with E-state index in [9.17, 15) is 9.59 Å². The lowest BCUT2D eigenvalue weighted by Crippen LogP contribution is -2.02. The molecule has 0 aliphatic rings. The molecule has 0 spiro atoms. The molecular weight excluding hydrogens is 287 g/mol. The number of carbonyl (C=O) groups is 2. The predicted molar refractivity (Wildman–Crippen MR) is 53.1 cm³/mol. The molecular formula is C8H5IO4. The average molecular weight is 292 g/mol. The van der Waals surface area contributed by atoms with Crippen molar-refractivity contribution in [3.05, 3.63) is 32.9 Å². The van der Waals surface area contributed by atoms with Gasteiger partial charge in [0.05, 0.1) is 11.1 Å². The number of rotatable bonds is 2. The molecule has 4 nitrogen and oxygen atoms in total. The number of carboxylic acid groups (broad SMARTS) is 2. The number of hydrogen-bond donors (Lipinski definition) is 2. The third-order valence-corrected chi connectivity index (χ3v) is 2.01. The number of aromatic carboxylic acids is 2. The van der Waals surface area contributed by atoms with E-state index in [-0.39, 0.29) is 11.1 Å². The Balaban J connectivity index is 3.26. The van der Waals surface area contributed by atoms with E-state index < -0.39 is 11.9 Å². The molecule has 13 heavy (non-hydrogen) atoms. The van der Waals surface area contributed by atoms with Crippen LogP contribution in [0.5, 0.6) is 0 Å². The number of carboxylic acids is 2.